The van der Waals surface area contributed by atoms with Crippen LogP contribution >= 0.6 is 0 Å². The normalized spacial score (nSPS) is 12.2. The van der Waals surface area contributed by atoms with Crippen LogP contribution in [0.15, 0.2) is 42.5 Å². The molecule has 0 saturated carbocycles. The van der Waals surface area contributed by atoms with E-state index in [4.69, 9.17) is 0 Å². The summed E-state index contributed by atoms with van der Waals surface area (Å²) < 4.78 is 26.1. The van der Waals surface area contributed by atoms with Crippen molar-refractivity contribution in [2.75, 3.05) is 22.4 Å². The van der Waals surface area contributed by atoms with E-state index in [0.717, 1.165) is 28.1 Å². The van der Waals surface area contributed by atoms with Crippen molar-refractivity contribution in [1.29, 1.82) is 0 Å². The summed E-state index contributed by atoms with van der Waals surface area (Å²) in [6.07, 6.45) is 1.86. The molecule has 0 aromatic heterocycles. The van der Waals surface area contributed by atoms with E-state index in [1.165, 1.54) is 6.92 Å². The molecule has 0 aliphatic carbocycles. The topological polar surface area (TPSA) is 95.6 Å². The summed E-state index contributed by atoms with van der Waals surface area (Å²) in [5.74, 6) is -0.830. The molecular weight excluding hydrogens is 402 g/mol. The molecule has 0 fully saturated rings. The van der Waals surface area contributed by atoms with Crippen LogP contribution in [0.1, 0.15) is 41.8 Å². The van der Waals surface area contributed by atoms with Crippen LogP contribution in [-0.2, 0) is 14.8 Å². The number of anilines is 2. The number of sulfonamides is 1. The smallest absolute Gasteiger partial charge is 0.253 e. The Labute approximate surface area is 178 Å². The van der Waals surface area contributed by atoms with Crippen molar-refractivity contribution in [3.63, 3.8) is 0 Å². The third-order valence-corrected chi connectivity index (χ3v) is 6.04. The maximum Gasteiger partial charge on any atom is 0.253 e. The summed E-state index contributed by atoms with van der Waals surface area (Å²) in [6.45, 7) is 7.80. The molecule has 0 radical (unpaired) electrons. The zero-order valence-corrected chi connectivity index (χ0v) is 18.8. The quantitative estimate of drug-likeness (QED) is 0.671. The molecule has 0 spiro atoms. The van der Waals surface area contributed by atoms with Gasteiger partial charge in [0.15, 0.2) is 0 Å². The number of hydrogen-bond acceptors (Lipinski definition) is 4. The highest BCUT2D eigenvalue weighted by atomic mass is 32.2. The lowest BCUT2D eigenvalue weighted by Crippen LogP contribution is -2.45. The zero-order chi connectivity index (χ0) is 22.5. The van der Waals surface area contributed by atoms with E-state index >= 15 is 0 Å². The van der Waals surface area contributed by atoms with Gasteiger partial charge in [0.2, 0.25) is 15.9 Å². The summed E-state index contributed by atoms with van der Waals surface area (Å²) in [5, 5.41) is 5.49. The van der Waals surface area contributed by atoms with E-state index in [9.17, 15) is 18.0 Å². The highest BCUT2D eigenvalue weighted by molar-refractivity contribution is 7.92. The molecule has 2 N–H and O–H groups in total. The molecule has 162 valence electrons. The Morgan fingerprint density at radius 2 is 1.73 bits per heavy atom. The Kier molecular flexibility index (Phi) is 7.61. The molecule has 0 unspecified atom stereocenters. The van der Waals surface area contributed by atoms with Crippen LogP contribution in [0.5, 0.6) is 0 Å². The van der Waals surface area contributed by atoms with Gasteiger partial charge in [-0.2, -0.15) is 0 Å². The standard InChI is InChI=1S/C22H29N3O4S/c1-6-13-23-22(27)19-9-7-8-10-20(19)24-21(26)17(4)25(30(5,28)29)18-12-11-15(2)16(3)14-18/h7-12,14,17H,6,13H2,1-5H3,(H,23,27)(H,24,26)/t17-/m0/s1. The van der Waals surface area contributed by atoms with E-state index in [1.807, 2.05) is 26.8 Å². The van der Waals surface area contributed by atoms with Crippen LogP contribution < -0.4 is 14.9 Å². The maximum atomic E-state index is 13.0. The molecule has 2 amide bonds. The molecule has 7 nitrogen and oxygen atoms in total. The van der Waals surface area contributed by atoms with Crippen LogP contribution in [0.4, 0.5) is 11.4 Å². The molecule has 0 saturated heterocycles. The summed E-state index contributed by atoms with van der Waals surface area (Å²) in [7, 11) is -3.73. The van der Waals surface area contributed by atoms with E-state index in [2.05, 4.69) is 10.6 Å². The molecule has 0 aliphatic heterocycles. The Bertz CT molecular complexity index is 1030. The lowest BCUT2D eigenvalue weighted by molar-refractivity contribution is -0.116. The van der Waals surface area contributed by atoms with E-state index in [1.54, 1.807) is 36.4 Å². The van der Waals surface area contributed by atoms with E-state index < -0.39 is 22.0 Å². The first-order valence-corrected chi connectivity index (χ1v) is 11.7. The lowest BCUT2D eigenvalue weighted by Gasteiger charge is -2.29. The van der Waals surface area contributed by atoms with Crippen molar-refractivity contribution in [2.45, 2.75) is 40.2 Å². The van der Waals surface area contributed by atoms with E-state index in [0.29, 0.717) is 23.5 Å². The van der Waals surface area contributed by atoms with Crippen molar-refractivity contribution in [3.8, 4) is 0 Å². The fourth-order valence-electron chi connectivity index (χ4n) is 3.03. The number of amides is 2. The second kappa shape index (κ2) is 9.75. The Balaban J connectivity index is 2.33. The van der Waals surface area contributed by atoms with Crippen molar-refractivity contribution in [2.24, 2.45) is 0 Å². The Morgan fingerprint density at radius 1 is 1.07 bits per heavy atom. The number of aryl methyl sites for hydroxylation is 2. The third kappa shape index (κ3) is 5.60. The molecule has 8 heteroatoms. The molecule has 0 bridgehead atoms. The Morgan fingerprint density at radius 3 is 2.33 bits per heavy atom. The van der Waals surface area contributed by atoms with E-state index in [-0.39, 0.29) is 5.91 Å². The first-order chi connectivity index (χ1) is 14.1. The van der Waals surface area contributed by atoms with Crippen LogP contribution in [0, 0.1) is 13.8 Å². The second-order valence-electron chi connectivity index (χ2n) is 7.29. The van der Waals surface area contributed by atoms with Crippen LogP contribution in [0.2, 0.25) is 0 Å². The number of rotatable bonds is 8. The molecule has 0 heterocycles. The molecule has 2 aromatic carbocycles. The van der Waals surface area contributed by atoms with Gasteiger partial charge in [-0.15, -0.1) is 0 Å². The summed E-state index contributed by atoms with van der Waals surface area (Å²) in [6, 6.07) is 10.9. The number of benzene rings is 2. The molecular formula is C22H29N3O4S. The molecule has 0 aliphatic rings. The Hall–Kier alpha value is -2.87. The van der Waals surface area contributed by atoms with Gasteiger partial charge in [-0.3, -0.25) is 13.9 Å². The van der Waals surface area contributed by atoms with Gasteiger partial charge in [0.25, 0.3) is 5.91 Å². The number of nitrogens with one attached hydrogen (secondary N) is 2. The largest absolute Gasteiger partial charge is 0.352 e. The minimum atomic E-state index is -3.73. The third-order valence-electron chi connectivity index (χ3n) is 4.80. The number of carbonyl (C=O) groups is 2. The van der Waals surface area contributed by atoms with Crippen molar-refractivity contribution < 1.29 is 18.0 Å². The van der Waals surface area contributed by atoms with Gasteiger partial charge in [-0.05, 0) is 62.6 Å². The van der Waals surface area contributed by atoms with Gasteiger partial charge < -0.3 is 10.6 Å². The first-order valence-electron chi connectivity index (χ1n) is 9.81. The number of hydrogen-bond donors (Lipinski definition) is 2. The van der Waals surface area contributed by atoms with Crippen molar-refractivity contribution in [3.05, 3.63) is 59.2 Å². The molecule has 1 atom stereocenters. The minimum absolute atomic E-state index is 0.297. The van der Waals surface area contributed by atoms with Gasteiger partial charge in [-0.1, -0.05) is 25.1 Å². The van der Waals surface area contributed by atoms with Gasteiger partial charge in [-0.25, -0.2) is 8.42 Å². The van der Waals surface area contributed by atoms with Gasteiger partial charge in [0.05, 0.1) is 23.2 Å². The van der Waals surface area contributed by atoms with Gasteiger partial charge >= 0.3 is 0 Å². The summed E-state index contributed by atoms with van der Waals surface area (Å²) >= 11 is 0. The molecule has 30 heavy (non-hydrogen) atoms. The SMILES string of the molecule is CCCNC(=O)c1ccccc1NC(=O)[C@H](C)N(c1ccc(C)c(C)c1)S(C)(=O)=O. The highest BCUT2D eigenvalue weighted by Gasteiger charge is 2.30. The van der Waals surface area contributed by atoms with Crippen molar-refractivity contribution >= 4 is 33.2 Å². The molecule has 2 rings (SSSR count). The summed E-state index contributed by atoms with van der Waals surface area (Å²) in [4.78, 5) is 25.4. The van der Waals surface area contributed by atoms with Crippen LogP contribution in [-0.4, -0.2) is 39.1 Å². The number of carbonyl (C=O) groups excluding carboxylic acids is 2. The fraction of sp³-hybridized carbons (Fsp3) is 0.364. The molecule has 2 aromatic rings. The number of nitrogens with zero attached hydrogens (tertiary/aromatic N) is 1. The number of para-hydroxylation sites is 1. The zero-order valence-electron chi connectivity index (χ0n) is 18.0. The lowest BCUT2D eigenvalue weighted by atomic mass is 10.1. The second-order valence-corrected chi connectivity index (χ2v) is 9.15. The predicted molar refractivity (Wildman–Crippen MR) is 120 cm³/mol. The van der Waals surface area contributed by atoms with Crippen LogP contribution in [0.25, 0.3) is 0 Å². The maximum absolute atomic E-state index is 13.0. The van der Waals surface area contributed by atoms with Gasteiger partial charge in [0, 0.05) is 6.54 Å². The average Bonchev–Trinajstić information content (AvgIpc) is 2.68. The van der Waals surface area contributed by atoms with Crippen molar-refractivity contribution in [1.82, 2.24) is 5.32 Å². The minimum Gasteiger partial charge on any atom is -0.352 e. The average molecular weight is 432 g/mol. The highest BCUT2D eigenvalue weighted by Crippen LogP contribution is 2.25. The summed E-state index contributed by atoms with van der Waals surface area (Å²) in [5.41, 5.74) is 3.01. The predicted octanol–water partition coefficient (Wildman–Crippen LogP) is 3.24. The monoisotopic (exact) mass is 431 g/mol. The first kappa shape index (κ1) is 23.4. The fourth-order valence-corrected chi connectivity index (χ4v) is 4.20. The van der Waals surface area contributed by atoms with Gasteiger partial charge in [0.1, 0.15) is 6.04 Å². The van der Waals surface area contributed by atoms with Crippen LogP contribution in [0.3, 0.4) is 0 Å².